The molecule has 2 amide bonds. The molecule has 3 N–H and O–H groups in total. The van der Waals surface area contributed by atoms with Gasteiger partial charge < -0.3 is 9.47 Å². The summed E-state index contributed by atoms with van der Waals surface area (Å²) < 4.78 is 10.6. The van der Waals surface area contributed by atoms with Gasteiger partial charge in [0.1, 0.15) is 5.75 Å². The lowest BCUT2D eigenvalue weighted by Gasteiger charge is -2.12. The van der Waals surface area contributed by atoms with E-state index >= 15 is 0 Å². The lowest BCUT2D eigenvalue weighted by Crippen LogP contribution is -2.48. The summed E-state index contributed by atoms with van der Waals surface area (Å²) in [6.07, 6.45) is 0.212. The van der Waals surface area contributed by atoms with Crippen molar-refractivity contribution in [2.45, 2.75) is 33.3 Å². The fraction of sp³-hybridized carbons (Fsp3) is 0.438. The number of nitrogens with one attached hydrogen (secondary N) is 3. The second-order valence-electron chi connectivity index (χ2n) is 5.10. The summed E-state index contributed by atoms with van der Waals surface area (Å²) >= 11 is 4.97. The zero-order chi connectivity index (χ0) is 17.9. The summed E-state index contributed by atoms with van der Waals surface area (Å²) in [6.45, 7) is 6.53. The van der Waals surface area contributed by atoms with Crippen LogP contribution in [0.15, 0.2) is 24.3 Å². The minimum atomic E-state index is -0.398. The molecule has 0 spiro atoms. The quantitative estimate of drug-likeness (QED) is 0.391. The van der Waals surface area contributed by atoms with Crippen LogP contribution in [0.25, 0.3) is 0 Å². The van der Waals surface area contributed by atoms with Gasteiger partial charge in [0.05, 0.1) is 19.1 Å². The lowest BCUT2D eigenvalue weighted by molar-refractivity contribution is -0.122. The molecule has 24 heavy (non-hydrogen) atoms. The molecule has 7 nitrogen and oxygen atoms in total. The number of hydrogen-bond donors (Lipinski definition) is 3. The number of ether oxygens (including phenoxy) is 2. The second kappa shape index (κ2) is 10.6. The van der Waals surface area contributed by atoms with E-state index in [2.05, 4.69) is 16.2 Å². The van der Waals surface area contributed by atoms with E-state index in [0.29, 0.717) is 24.5 Å². The van der Waals surface area contributed by atoms with Crippen molar-refractivity contribution < 1.29 is 19.1 Å². The lowest BCUT2D eigenvalue weighted by atomic mass is 10.2. The molecule has 1 rings (SSSR count). The topological polar surface area (TPSA) is 88.7 Å². The van der Waals surface area contributed by atoms with Crippen LogP contribution in [0.2, 0.25) is 0 Å². The highest BCUT2D eigenvalue weighted by atomic mass is 32.1. The van der Waals surface area contributed by atoms with Gasteiger partial charge in [-0.1, -0.05) is 6.07 Å². The average Bonchev–Trinajstić information content (AvgIpc) is 2.53. The summed E-state index contributed by atoms with van der Waals surface area (Å²) in [4.78, 5) is 23.6. The van der Waals surface area contributed by atoms with Crippen LogP contribution in [0.4, 0.5) is 0 Å². The molecule has 1 aromatic carbocycles. The fourth-order valence-corrected chi connectivity index (χ4v) is 1.83. The third kappa shape index (κ3) is 7.89. The van der Waals surface area contributed by atoms with Crippen LogP contribution in [-0.4, -0.2) is 36.2 Å². The number of hydrazine groups is 1. The average molecular weight is 353 g/mol. The van der Waals surface area contributed by atoms with Crippen molar-refractivity contribution >= 4 is 29.1 Å². The molecule has 0 unspecified atom stereocenters. The Morgan fingerprint density at radius 2 is 2.00 bits per heavy atom. The van der Waals surface area contributed by atoms with E-state index in [4.69, 9.17) is 21.7 Å². The van der Waals surface area contributed by atoms with E-state index in [1.807, 2.05) is 20.8 Å². The molecule has 0 heterocycles. The van der Waals surface area contributed by atoms with Gasteiger partial charge in [-0.15, -0.1) is 0 Å². The van der Waals surface area contributed by atoms with Gasteiger partial charge in [0.25, 0.3) is 5.91 Å². The van der Waals surface area contributed by atoms with E-state index in [-0.39, 0.29) is 23.5 Å². The molecule has 0 aromatic heterocycles. The van der Waals surface area contributed by atoms with Crippen LogP contribution in [0.5, 0.6) is 5.75 Å². The van der Waals surface area contributed by atoms with Gasteiger partial charge in [-0.2, -0.15) is 0 Å². The molecule has 0 fully saturated rings. The third-order valence-corrected chi connectivity index (χ3v) is 2.89. The van der Waals surface area contributed by atoms with E-state index in [0.717, 1.165) is 0 Å². The molecule has 1 aromatic rings. The number of carbonyl (C=O) groups is 2. The predicted molar refractivity (Wildman–Crippen MR) is 94.7 cm³/mol. The molecule has 8 heteroatoms. The van der Waals surface area contributed by atoms with Gasteiger partial charge >= 0.3 is 0 Å². The minimum absolute atomic E-state index is 0.0000547. The van der Waals surface area contributed by atoms with Crippen molar-refractivity contribution in [1.82, 2.24) is 16.2 Å². The molecule has 0 aliphatic rings. The Morgan fingerprint density at radius 1 is 1.25 bits per heavy atom. The number of rotatable bonds is 7. The Labute approximate surface area is 147 Å². The van der Waals surface area contributed by atoms with Crippen LogP contribution < -0.4 is 20.9 Å². The van der Waals surface area contributed by atoms with E-state index < -0.39 is 5.91 Å². The Morgan fingerprint density at radius 3 is 2.67 bits per heavy atom. The van der Waals surface area contributed by atoms with E-state index in [1.165, 1.54) is 0 Å². The molecule has 0 atom stereocenters. The standard InChI is InChI=1S/C16H23N3O4S/c1-4-22-9-8-14(20)18-19-16(24)17-15(21)12-6-5-7-13(10-12)23-11(2)3/h5-7,10-11H,4,8-9H2,1-3H3,(H,18,20)(H2,17,19,21,24). The largest absolute Gasteiger partial charge is 0.491 e. The Balaban J connectivity index is 2.44. The first kappa shape index (κ1) is 19.9. The van der Waals surface area contributed by atoms with Gasteiger partial charge in [0.2, 0.25) is 5.91 Å². The van der Waals surface area contributed by atoms with Crippen LogP contribution in [0.3, 0.4) is 0 Å². The van der Waals surface area contributed by atoms with Crippen molar-refractivity contribution in [3.63, 3.8) is 0 Å². The summed E-state index contributed by atoms with van der Waals surface area (Å²) in [5, 5.41) is 2.48. The van der Waals surface area contributed by atoms with Crippen LogP contribution in [0, 0.1) is 0 Å². The first-order chi connectivity index (χ1) is 11.4. The molecule has 0 aliphatic heterocycles. The number of amides is 2. The SMILES string of the molecule is CCOCCC(=O)NNC(=S)NC(=O)c1cccc(OC(C)C)c1. The minimum Gasteiger partial charge on any atom is -0.491 e. The Bertz CT molecular complexity index is 578. The smallest absolute Gasteiger partial charge is 0.257 e. The number of thiocarbonyl (C=S) groups is 1. The molecule has 0 saturated carbocycles. The van der Waals surface area contributed by atoms with Crippen LogP contribution >= 0.6 is 12.2 Å². The molecule has 0 bridgehead atoms. The fourth-order valence-electron chi connectivity index (χ4n) is 1.69. The maximum absolute atomic E-state index is 12.1. The molecule has 0 radical (unpaired) electrons. The van der Waals surface area contributed by atoms with Crippen molar-refractivity contribution in [1.29, 1.82) is 0 Å². The Hall–Kier alpha value is -2.19. The number of hydrogen-bond acceptors (Lipinski definition) is 5. The third-order valence-electron chi connectivity index (χ3n) is 2.69. The van der Waals surface area contributed by atoms with Gasteiger partial charge in [0.15, 0.2) is 5.11 Å². The van der Waals surface area contributed by atoms with Crippen molar-refractivity contribution in [3.8, 4) is 5.75 Å². The zero-order valence-corrected chi connectivity index (χ0v) is 14.9. The Kier molecular flexibility index (Phi) is 8.74. The molecule has 0 aliphatic carbocycles. The predicted octanol–water partition coefficient (Wildman–Crippen LogP) is 1.54. The normalized spacial score (nSPS) is 10.2. The molecular weight excluding hydrogens is 330 g/mol. The highest BCUT2D eigenvalue weighted by Crippen LogP contribution is 2.14. The van der Waals surface area contributed by atoms with Crippen LogP contribution in [-0.2, 0) is 9.53 Å². The maximum Gasteiger partial charge on any atom is 0.257 e. The van der Waals surface area contributed by atoms with Crippen molar-refractivity contribution in [3.05, 3.63) is 29.8 Å². The summed E-state index contributed by atoms with van der Waals surface area (Å²) in [5.74, 6) is -0.0848. The summed E-state index contributed by atoms with van der Waals surface area (Å²) in [7, 11) is 0. The molecule has 0 saturated heterocycles. The first-order valence-corrected chi connectivity index (χ1v) is 8.07. The summed E-state index contributed by atoms with van der Waals surface area (Å²) in [5.41, 5.74) is 5.26. The number of carbonyl (C=O) groups excluding carboxylic acids is 2. The first-order valence-electron chi connectivity index (χ1n) is 7.67. The van der Waals surface area contributed by atoms with Crippen molar-refractivity contribution in [2.75, 3.05) is 13.2 Å². The highest BCUT2D eigenvalue weighted by molar-refractivity contribution is 7.80. The summed E-state index contributed by atoms with van der Waals surface area (Å²) in [6, 6.07) is 6.76. The van der Waals surface area contributed by atoms with Gasteiger partial charge in [-0.05, 0) is 51.2 Å². The second-order valence-corrected chi connectivity index (χ2v) is 5.51. The van der Waals surface area contributed by atoms with Gasteiger partial charge in [0, 0.05) is 12.2 Å². The van der Waals surface area contributed by atoms with Crippen molar-refractivity contribution in [2.24, 2.45) is 0 Å². The van der Waals surface area contributed by atoms with Gasteiger partial charge in [-0.3, -0.25) is 25.8 Å². The zero-order valence-electron chi connectivity index (χ0n) is 14.0. The van der Waals surface area contributed by atoms with Crippen LogP contribution in [0.1, 0.15) is 37.6 Å². The molecular formula is C16H23N3O4S. The van der Waals surface area contributed by atoms with E-state index in [9.17, 15) is 9.59 Å². The maximum atomic E-state index is 12.1. The highest BCUT2D eigenvalue weighted by Gasteiger charge is 2.10. The number of benzene rings is 1. The monoisotopic (exact) mass is 353 g/mol. The van der Waals surface area contributed by atoms with Gasteiger partial charge in [-0.25, -0.2) is 0 Å². The molecule has 132 valence electrons. The van der Waals surface area contributed by atoms with E-state index in [1.54, 1.807) is 24.3 Å².